The first-order valence-electron chi connectivity index (χ1n) is 31.0. The van der Waals surface area contributed by atoms with Crippen molar-refractivity contribution in [3.63, 3.8) is 0 Å². The van der Waals surface area contributed by atoms with Gasteiger partial charge in [-0.25, -0.2) is 18.7 Å². The summed E-state index contributed by atoms with van der Waals surface area (Å²) in [6.07, 6.45) is 0. The van der Waals surface area contributed by atoms with Crippen LogP contribution in [0.1, 0.15) is 29.7 Å². The van der Waals surface area contributed by atoms with E-state index in [4.69, 9.17) is 25.9 Å². The van der Waals surface area contributed by atoms with E-state index in [1.54, 1.807) is 0 Å². The van der Waals surface area contributed by atoms with Crippen molar-refractivity contribution in [2.75, 3.05) is 0 Å². The average Bonchev–Trinajstić information content (AvgIpc) is 1.53. The largest absolute Gasteiger partial charge is 0.210 e. The van der Waals surface area contributed by atoms with Gasteiger partial charge in [-0.15, -0.1) is 20.4 Å². The third-order valence-electron chi connectivity index (χ3n) is 16.6. The molecule has 0 saturated heterocycles. The molecule has 3 aliphatic carbocycles. The molecule has 0 unspecified atom stereocenters. The van der Waals surface area contributed by atoms with Crippen molar-refractivity contribution in [2.45, 2.75) is 7.43 Å². The third-order valence-corrected chi connectivity index (χ3v) is 23.0. The molecule has 4 heterocycles. The highest BCUT2D eigenvalue weighted by molar-refractivity contribution is 9.12. The molecule has 0 spiro atoms. The van der Waals surface area contributed by atoms with Crippen molar-refractivity contribution in [1.82, 2.24) is 60.0 Å². The highest BCUT2D eigenvalue weighted by atomic mass is 79.9. The van der Waals surface area contributed by atoms with Gasteiger partial charge in [0, 0.05) is 116 Å². The summed E-state index contributed by atoms with van der Waals surface area (Å²) in [5.74, 6) is 12.7. The van der Waals surface area contributed by atoms with E-state index in [0.29, 0.717) is 5.69 Å². The average molecular weight is 2000 g/mol. The topological polar surface area (TPSA) is 172 Å². The monoisotopic (exact) mass is 1990 g/mol. The molecule has 0 N–H and O–H groups in total. The van der Waals surface area contributed by atoms with Gasteiger partial charge in [0.25, 0.3) is 0 Å². The van der Waals surface area contributed by atoms with Crippen molar-refractivity contribution in [1.29, 1.82) is 0 Å². The number of azide groups is 1. The number of rotatable bonds is 5. The first-order chi connectivity index (χ1) is 50.3. The maximum absolute atomic E-state index is 8.19. The molecule has 504 valence electrons. The number of hydrogen-bond acceptors (Lipinski definition) is 9. The van der Waals surface area contributed by atoms with Crippen LogP contribution in [0.15, 0.2) is 286 Å². The van der Waals surface area contributed by atoms with Gasteiger partial charge in [0.05, 0.1) is 28.4 Å². The van der Waals surface area contributed by atoms with Gasteiger partial charge in [0.15, 0.2) is 0 Å². The second kappa shape index (κ2) is 31.5. The quantitative estimate of drug-likeness (QED) is 0.0709. The number of nitrogens with zero attached hydrogens (tertiary/aromatic N) is 15. The van der Waals surface area contributed by atoms with E-state index < -0.39 is 0 Å². The van der Waals surface area contributed by atoms with E-state index >= 15 is 0 Å². The molecule has 0 saturated carbocycles. The zero-order valence-electron chi connectivity index (χ0n) is 52.5. The Balaban J connectivity index is 0.000000129. The van der Waals surface area contributed by atoms with Crippen molar-refractivity contribution in [2.24, 2.45) is 5.11 Å². The molecule has 15 aromatic rings. The first-order valence-corrected chi connectivity index (χ1v) is 38.9. The Kier molecular flexibility index (Phi) is 21.9. The van der Waals surface area contributed by atoms with Gasteiger partial charge in [-0.1, -0.05) is 241 Å². The maximum atomic E-state index is 8.19. The molecule has 0 amide bonds. The molecule has 0 fully saturated rings. The minimum atomic E-state index is 0. The Morgan fingerprint density at radius 1 is 0.260 bits per heavy atom. The minimum absolute atomic E-state index is 0. The lowest BCUT2D eigenvalue weighted by Crippen LogP contribution is -2.06. The molecule has 3 aliphatic rings. The Bertz CT molecular complexity index is 5620. The van der Waals surface area contributed by atoms with Crippen molar-refractivity contribution >= 4 is 165 Å². The van der Waals surface area contributed by atoms with Crippen molar-refractivity contribution in [3.05, 3.63) is 314 Å². The number of fused-ring (bicyclic) bond motifs is 18. The van der Waals surface area contributed by atoms with Crippen LogP contribution < -0.4 is 0 Å². The van der Waals surface area contributed by atoms with Crippen LogP contribution in [0.2, 0.25) is 0 Å². The second-order valence-corrected chi connectivity index (χ2v) is 31.2. The van der Waals surface area contributed by atoms with Gasteiger partial charge in [-0.3, -0.25) is 0 Å². The molecule has 11 aromatic carbocycles. The lowest BCUT2D eigenvalue weighted by atomic mass is 9.89. The molecule has 18 rings (SSSR count). The number of hydrogen-bond donors (Lipinski definition) is 0. The molecule has 15 nitrogen and oxygen atoms in total. The van der Waals surface area contributed by atoms with Gasteiger partial charge in [-0.2, -0.15) is 0 Å². The summed E-state index contributed by atoms with van der Waals surface area (Å²) in [5, 5.41) is 41.2. The van der Waals surface area contributed by atoms with Crippen LogP contribution in [-0.4, -0.2) is 60.0 Å². The Morgan fingerprint density at radius 2 is 0.452 bits per heavy atom. The zero-order valence-corrected chi connectivity index (χ0v) is 68.4. The summed E-state index contributed by atoms with van der Waals surface area (Å²) in [6, 6.07) is 78.2. The predicted molar refractivity (Wildman–Crippen MR) is 447 cm³/mol. The standard InChI is InChI=1S/2C28H14Br4N6.C16H8.C6H3Br2N3.CH4/c29-19-11-5-12-20(30)27(19)37-25-17-9-3-1-7-15(17)23-26(18-10-4-2-8-16(18)24(25)34-36-37)38(35-33-23)28-21(31)13-6-14-22(28)32;29-19-11-5-12-20(30)27(19)37-25-17-9-3-4-10-18(17)26-24(16-8-2-1-7-15(16)23(25)33-35-37)34-36-38(26)28-21(31)13-6-14-22(28)32;1-2-6-14-11-12-16-8-4-3-7-15(16)10-9-13(14)5-1;7-4-2-1-3-5(8)6(4)10-11-9;/h2*1-14H;1-8H;1-3H;1H4. The molecule has 0 aliphatic heterocycles. The smallest absolute Gasteiger partial charge is 0.122 e. The predicted octanol–water partition coefficient (Wildman–Crippen LogP) is 25.3. The SMILES string of the molecule is Brc1cccc(Br)c1-n1nnc2c1-c1ccccc1-c1c(nnn1-c1c(Br)cccc1Br)-c1ccccc1-2.Brc1cccc(Br)c1-n1nnc2c1-c1ccccc1-c1nnn(-c3c(Br)cccc3Br)c1-c1ccccc1-2.C.C1#Cc2ccccc2C#Cc2ccccc21.[N-]=[N+]=Nc1c(Br)cccc1Br. The van der Waals surface area contributed by atoms with E-state index in [1.807, 2.05) is 207 Å². The van der Waals surface area contributed by atoms with E-state index in [1.165, 1.54) is 0 Å². The van der Waals surface area contributed by atoms with Crippen LogP contribution in [0.5, 0.6) is 0 Å². The van der Waals surface area contributed by atoms with Crippen molar-refractivity contribution in [3.8, 4) is 136 Å². The number of halogens is 10. The summed E-state index contributed by atoms with van der Waals surface area (Å²) in [6.45, 7) is 0. The van der Waals surface area contributed by atoms with E-state index in [-0.39, 0.29) is 7.43 Å². The van der Waals surface area contributed by atoms with Gasteiger partial charge < -0.3 is 0 Å². The lowest BCUT2D eigenvalue weighted by molar-refractivity contribution is 0.799. The summed E-state index contributed by atoms with van der Waals surface area (Å²) >= 11 is 36.3. The number of aromatic nitrogens is 12. The fourth-order valence-electron chi connectivity index (χ4n) is 12.1. The fourth-order valence-corrected chi connectivity index (χ4v) is 18.6. The van der Waals surface area contributed by atoms with Crippen LogP contribution in [0.4, 0.5) is 5.69 Å². The highest BCUT2D eigenvalue weighted by Crippen LogP contribution is 2.51. The molecular formula is C79H43Br10N15. The molecule has 4 aromatic heterocycles. The van der Waals surface area contributed by atoms with Crippen molar-refractivity contribution < 1.29 is 0 Å². The summed E-state index contributed by atoms with van der Waals surface area (Å²) in [5.41, 5.74) is 30.5. The van der Waals surface area contributed by atoms with E-state index in [9.17, 15) is 0 Å². The van der Waals surface area contributed by atoms with Gasteiger partial charge in [-0.05, 0) is 218 Å². The molecule has 25 heteroatoms. The van der Waals surface area contributed by atoms with Gasteiger partial charge in [0.2, 0.25) is 0 Å². The maximum Gasteiger partial charge on any atom is 0.122 e. The van der Waals surface area contributed by atoms with Gasteiger partial charge >= 0.3 is 0 Å². The summed E-state index contributed by atoms with van der Waals surface area (Å²) in [7, 11) is 0. The van der Waals surface area contributed by atoms with Crippen LogP contribution in [-0.2, 0) is 0 Å². The second-order valence-electron chi connectivity index (χ2n) is 22.6. The van der Waals surface area contributed by atoms with E-state index in [0.717, 1.165) is 180 Å². The van der Waals surface area contributed by atoms with Gasteiger partial charge in [0.1, 0.15) is 45.6 Å². The minimum Gasteiger partial charge on any atom is -0.210 e. The summed E-state index contributed by atoms with van der Waals surface area (Å²) < 4.78 is 16.3. The molecule has 104 heavy (non-hydrogen) atoms. The normalized spacial score (nSPS) is 11.1. The summed E-state index contributed by atoms with van der Waals surface area (Å²) in [4.78, 5) is 2.69. The van der Waals surface area contributed by atoms with E-state index in [2.05, 4.69) is 262 Å². The Morgan fingerprint density at radius 3 is 0.683 bits per heavy atom. The zero-order chi connectivity index (χ0) is 71.0. The Labute approximate surface area is 680 Å². The highest BCUT2D eigenvalue weighted by Gasteiger charge is 2.35. The molecule has 0 atom stereocenters. The van der Waals surface area contributed by atoms with Crippen LogP contribution in [0.3, 0.4) is 0 Å². The first kappa shape index (κ1) is 72.2. The van der Waals surface area contributed by atoms with Crippen LogP contribution in [0.25, 0.3) is 123 Å². The Hall–Kier alpha value is -8.79. The molecule has 0 bridgehead atoms. The fraction of sp³-hybridized carbons (Fsp3) is 0.0127. The van der Waals surface area contributed by atoms with Crippen LogP contribution >= 0.6 is 159 Å². The number of para-hydroxylation sites is 4. The van der Waals surface area contributed by atoms with Crippen LogP contribution in [0, 0.1) is 23.7 Å². The third kappa shape index (κ3) is 13.7. The number of benzene rings is 11. The molecule has 0 radical (unpaired) electrons. The lowest BCUT2D eigenvalue weighted by Gasteiger charge is -2.20. The molecular weight excluding hydrogens is 1960 g/mol.